The number of carbonyl (C=O) groups excluding carboxylic acids is 1. The number of carbonyl (C=O) groups is 1. The maximum Gasteiger partial charge on any atom is 0.266 e. The topological polar surface area (TPSA) is 41.9 Å². The maximum atomic E-state index is 13.4. The molecule has 1 fully saturated rings. The molecule has 1 saturated heterocycles. The molecule has 5 heteroatoms. The van der Waals surface area contributed by atoms with Crippen LogP contribution in [0.4, 0.5) is 5.69 Å². The van der Waals surface area contributed by atoms with Crippen molar-refractivity contribution in [3.05, 3.63) is 100 Å². The van der Waals surface area contributed by atoms with E-state index in [1.54, 1.807) is 4.90 Å². The van der Waals surface area contributed by atoms with Crippen LogP contribution in [0.3, 0.4) is 0 Å². The summed E-state index contributed by atoms with van der Waals surface area (Å²) >= 11 is 1.42. The average Bonchev–Trinajstić information content (AvgIpc) is 3.13. The van der Waals surface area contributed by atoms with Crippen LogP contribution in [0.2, 0.25) is 0 Å². The molecule has 168 valence electrons. The third-order valence-electron chi connectivity index (χ3n) is 5.28. The molecule has 0 spiro atoms. The summed E-state index contributed by atoms with van der Waals surface area (Å²) in [4.78, 5) is 20.7. The molecule has 0 radical (unpaired) electrons. The van der Waals surface area contributed by atoms with E-state index in [9.17, 15) is 4.79 Å². The Morgan fingerprint density at radius 1 is 0.970 bits per heavy atom. The minimum Gasteiger partial charge on any atom is -0.493 e. The van der Waals surface area contributed by atoms with Crippen LogP contribution in [0.25, 0.3) is 6.08 Å². The van der Waals surface area contributed by atoms with Crippen LogP contribution in [0.15, 0.2) is 88.8 Å². The SMILES string of the molecule is CCCOc1ccccc1/C=C1/SC(=Nc2ccc(C)cc2)N(CCc2ccccc2)C1=O. The van der Waals surface area contributed by atoms with E-state index in [4.69, 9.17) is 9.73 Å². The zero-order chi connectivity index (χ0) is 23.0. The molecule has 0 unspecified atom stereocenters. The zero-order valence-electron chi connectivity index (χ0n) is 19.0. The van der Waals surface area contributed by atoms with Gasteiger partial charge in [-0.15, -0.1) is 0 Å². The lowest BCUT2D eigenvalue weighted by molar-refractivity contribution is -0.122. The Bertz CT molecular complexity index is 1150. The molecule has 4 nitrogen and oxygen atoms in total. The molecule has 0 atom stereocenters. The van der Waals surface area contributed by atoms with Crippen LogP contribution in [-0.2, 0) is 11.2 Å². The molecule has 3 aromatic rings. The number of hydrogen-bond donors (Lipinski definition) is 0. The number of amidine groups is 1. The summed E-state index contributed by atoms with van der Waals surface area (Å²) in [5, 5.41) is 0.706. The predicted octanol–water partition coefficient (Wildman–Crippen LogP) is 6.63. The molecule has 0 aromatic heterocycles. The van der Waals surface area contributed by atoms with Crippen molar-refractivity contribution < 1.29 is 9.53 Å². The molecule has 1 heterocycles. The number of aryl methyl sites for hydroxylation is 1. The second-order valence-corrected chi connectivity index (χ2v) is 8.93. The lowest BCUT2D eigenvalue weighted by Crippen LogP contribution is -2.31. The van der Waals surface area contributed by atoms with Crippen LogP contribution in [0.5, 0.6) is 5.75 Å². The number of amides is 1. The van der Waals surface area contributed by atoms with Gasteiger partial charge in [-0.3, -0.25) is 9.69 Å². The predicted molar refractivity (Wildman–Crippen MR) is 138 cm³/mol. The van der Waals surface area contributed by atoms with Crippen molar-refractivity contribution in [1.29, 1.82) is 0 Å². The van der Waals surface area contributed by atoms with Crippen molar-refractivity contribution in [2.75, 3.05) is 13.2 Å². The number of thioether (sulfide) groups is 1. The van der Waals surface area contributed by atoms with E-state index in [2.05, 4.69) is 26.0 Å². The highest BCUT2D eigenvalue weighted by Crippen LogP contribution is 2.35. The van der Waals surface area contributed by atoms with Gasteiger partial charge in [0.2, 0.25) is 0 Å². The fraction of sp³-hybridized carbons (Fsp3) is 0.214. The van der Waals surface area contributed by atoms with Crippen LogP contribution < -0.4 is 4.74 Å². The normalized spacial score (nSPS) is 16.1. The summed E-state index contributed by atoms with van der Waals surface area (Å²) in [6.45, 7) is 5.35. The van der Waals surface area contributed by atoms with Crippen LogP contribution in [0.1, 0.15) is 30.0 Å². The highest BCUT2D eigenvalue weighted by atomic mass is 32.2. The van der Waals surface area contributed by atoms with Gasteiger partial charge >= 0.3 is 0 Å². The summed E-state index contributed by atoms with van der Waals surface area (Å²) in [6.07, 6.45) is 3.62. The highest BCUT2D eigenvalue weighted by molar-refractivity contribution is 8.18. The van der Waals surface area contributed by atoms with E-state index < -0.39 is 0 Å². The van der Waals surface area contributed by atoms with Crippen LogP contribution in [0, 0.1) is 6.92 Å². The van der Waals surface area contributed by atoms with E-state index in [0.717, 1.165) is 29.8 Å². The molecule has 0 aliphatic carbocycles. The van der Waals surface area contributed by atoms with Crippen molar-refractivity contribution in [3.63, 3.8) is 0 Å². The van der Waals surface area contributed by atoms with E-state index in [0.29, 0.717) is 23.2 Å². The average molecular weight is 457 g/mol. The lowest BCUT2D eigenvalue weighted by Gasteiger charge is -2.15. The second kappa shape index (κ2) is 11.0. The summed E-state index contributed by atoms with van der Waals surface area (Å²) in [6, 6.07) is 26.1. The van der Waals surface area contributed by atoms with Gasteiger partial charge < -0.3 is 4.74 Å². The quantitative estimate of drug-likeness (QED) is 0.357. The first-order valence-electron chi connectivity index (χ1n) is 11.3. The van der Waals surface area contributed by atoms with Gasteiger partial charge in [-0.25, -0.2) is 4.99 Å². The number of ether oxygens (including phenoxy) is 1. The van der Waals surface area contributed by atoms with Gasteiger partial charge in [-0.05, 0) is 61.4 Å². The number of benzene rings is 3. The van der Waals surface area contributed by atoms with Gasteiger partial charge in [0.1, 0.15) is 5.75 Å². The Labute approximate surface area is 200 Å². The van der Waals surface area contributed by atoms with Crippen molar-refractivity contribution >= 4 is 34.6 Å². The van der Waals surface area contributed by atoms with Crippen LogP contribution >= 0.6 is 11.8 Å². The minimum atomic E-state index is -0.0212. The number of aliphatic imine (C=N–C) groups is 1. The molecule has 0 saturated carbocycles. The Kier molecular flexibility index (Phi) is 7.63. The van der Waals surface area contributed by atoms with Crippen LogP contribution in [-0.4, -0.2) is 29.1 Å². The second-order valence-electron chi connectivity index (χ2n) is 7.92. The first-order valence-corrected chi connectivity index (χ1v) is 12.1. The van der Waals surface area contributed by atoms with Gasteiger partial charge in [-0.2, -0.15) is 0 Å². The van der Waals surface area contributed by atoms with Crippen molar-refractivity contribution in [1.82, 2.24) is 4.90 Å². The molecule has 1 aliphatic heterocycles. The molecule has 4 rings (SSSR count). The van der Waals surface area contributed by atoms with E-state index >= 15 is 0 Å². The van der Waals surface area contributed by atoms with Gasteiger partial charge in [-0.1, -0.05) is 73.2 Å². The largest absolute Gasteiger partial charge is 0.493 e. The molecular weight excluding hydrogens is 428 g/mol. The van der Waals surface area contributed by atoms with Gasteiger partial charge in [0, 0.05) is 12.1 Å². The highest BCUT2D eigenvalue weighted by Gasteiger charge is 2.33. The van der Waals surface area contributed by atoms with Crippen molar-refractivity contribution in [2.24, 2.45) is 4.99 Å². The third-order valence-corrected chi connectivity index (χ3v) is 6.29. The Hall–Kier alpha value is -3.31. The van der Waals surface area contributed by atoms with Gasteiger partial charge in [0.05, 0.1) is 17.2 Å². The number of hydrogen-bond acceptors (Lipinski definition) is 4. The first kappa shape index (κ1) is 22.9. The maximum absolute atomic E-state index is 13.4. The Morgan fingerprint density at radius 3 is 2.45 bits per heavy atom. The molecule has 0 N–H and O–H groups in total. The lowest BCUT2D eigenvalue weighted by atomic mass is 10.1. The smallest absolute Gasteiger partial charge is 0.266 e. The Morgan fingerprint density at radius 2 is 1.70 bits per heavy atom. The molecule has 3 aromatic carbocycles. The van der Waals surface area contributed by atoms with E-state index in [1.165, 1.54) is 22.9 Å². The van der Waals surface area contributed by atoms with Crippen molar-refractivity contribution in [3.8, 4) is 5.75 Å². The molecule has 33 heavy (non-hydrogen) atoms. The molecular formula is C28H28N2O2S. The summed E-state index contributed by atoms with van der Waals surface area (Å²) in [5.41, 5.74) is 4.12. The van der Waals surface area contributed by atoms with E-state index in [-0.39, 0.29) is 5.91 Å². The van der Waals surface area contributed by atoms with Crippen molar-refractivity contribution in [2.45, 2.75) is 26.7 Å². The fourth-order valence-corrected chi connectivity index (χ4v) is 4.50. The van der Waals surface area contributed by atoms with E-state index in [1.807, 2.05) is 72.8 Å². The standard InChI is InChI=1S/C28H28N2O2S/c1-3-19-32-25-12-8-7-11-23(25)20-26-27(31)30(18-17-22-9-5-4-6-10-22)28(33-26)29-24-15-13-21(2)14-16-24/h4-16,20H,3,17-19H2,1-2H3/b26-20+,29-28?. The zero-order valence-corrected chi connectivity index (χ0v) is 19.8. The summed E-state index contributed by atoms with van der Waals surface area (Å²) in [5.74, 6) is 0.770. The fourth-order valence-electron chi connectivity index (χ4n) is 3.49. The van der Waals surface area contributed by atoms with Gasteiger partial charge in [0.25, 0.3) is 5.91 Å². The number of rotatable bonds is 8. The monoisotopic (exact) mass is 456 g/mol. The summed E-state index contributed by atoms with van der Waals surface area (Å²) < 4.78 is 5.89. The number of para-hydroxylation sites is 1. The third kappa shape index (κ3) is 5.93. The number of nitrogens with zero attached hydrogens (tertiary/aromatic N) is 2. The minimum absolute atomic E-state index is 0.0212. The molecule has 1 aliphatic rings. The Balaban J connectivity index is 1.64. The first-order chi connectivity index (χ1) is 16.1. The summed E-state index contributed by atoms with van der Waals surface area (Å²) in [7, 11) is 0. The van der Waals surface area contributed by atoms with Gasteiger partial charge in [0.15, 0.2) is 5.17 Å². The molecule has 1 amide bonds. The molecule has 0 bridgehead atoms.